The van der Waals surface area contributed by atoms with E-state index in [1.807, 2.05) is 0 Å². The summed E-state index contributed by atoms with van der Waals surface area (Å²) in [6, 6.07) is 8.27. The summed E-state index contributed by atoms with van der Waals surface area (Å²) in [7, 11) is -3.99. The lowest BCUT2D eigenvalue weighted by Crippen LogP contribution is -2.35. The molecule has 3 aromatic rings. The minimum absolute atomic E-state index is 0.0677. The number of hydrogen-bond donors (Lipinski definition) is 1. The summed E-state index contributed by atoms with van der Waals surface area (Å²) in [5, 5.41) is 4.20. The lowest BCUT2D eigenvalue weighted by Gasteiger charge is -2.25. The Kier molecular flexibility index (Phi) is 4.99. The van der Waals surface area contributed by atoms with Crippen molar-refractivity contribution in [2.24, 2.45) is 0 Å². The number of fused-ring (bicyclic) bond motifs is 1. The Morgan fingerprint density at radius 3 is 2.62 bits per heavy atom. The van der Waals surface area contributed by atoms with E-state index in [9.17, 15) is 17.6 Å². The fraction of sp³-hybridized carbons (Fsp3) is 0.300. The van der Waals surface area contributed by atoms with Gasteiger partial charge >= 0.3 is 0 Å². The third-order valence-corrected chi connectivity index (χ3v) is 6.40. The number of amides is 1. The molecule has 0 radical (unpaired) electrons. The van der Waals surface area contributed by atoms with Gasteiger partial charge in [0, 0.05) is 13.1 Å². The van der Waals surface area contributed by atoms with Crippen molar-refractivity contribution in [1.29, 1.82) is 0 Å². The van der Waals surface area contributed by atoms with E-state index in [4.69, 9.17) is 4.52 Å². The van der Waals surface area contributed by atoms with Gasteiger partial charge in [0.05, 0.1) is 16.0 Å². The zero-order chi connectivity index (χ0) is 20.6. The molecule has 2 aromatic carbocycles. The number of halogens is 1. The van der Waals surface area contributed by atoms with Gasteiger partial charge in [0.15, 0.2) is 11.3 Å². The molecular weight excluding hydrogens is 397 g/mol. The largest absolute Gasteiger partial charge is 0.355 e. The molecule has 1 saturated heterocycles. The van der Waals surface area contributed by atoms with Crippen LogP contribution in [0.5, 0.6) is 0 Å². The van der Waals surface area contributed by atoms with E-state index < -0.39 is 15.8 Å². The molecule has 1 N–H and O–H groups in total. The van der Waals surface area contributed by atoms with Crippen LogP contribution < -0.4 is 4.72 Å². The minimum Gasteiger partial charge on any atom is -0.355 e. The van der Waals surface area contributed by atoms with E-state index in [0.717, 1.165) is 25.3 Å². The smallest absolute Gasteiger partial charge is 0.276 e. The molecule has 4 rings (SSSR count). The van der Waals surface area contributed by atoms with Gasteiger partial charge in [0.1, 0.15) is 5.82 Å². The number of carbonyl (C=O) groups is 1. The minimum atomic E-state index is -3.99. The Bertz CT molecular complexity index is 1180. The average Bonchev–Trinajstić information content (AvgIpc) is 3.14. The number of aryl methyl sites for hydroxylation is 1. The summed E-state index contributed by atoms with van der Waals surface area (Å²) in [6.07, 6.45) is 2.94. The first-order valence-corrected chi connectivity index (χ1v) is 10.8. The molecule has 2 heterocycles. The van der Waals surface area contributed by atoms with Crippen molar-refractivity contribution < 1.29 is 22.1 Å². The van der Waals surface area contributed by atoms with Crippen LogP contribution in [0.4, 0.5) is 10.1 Å². The first-order valence-electron chi connectivity index (χ1n) is 9.33. The second-order valence-corrected chi connectivity index (χ2v) is 8.79. The van der Waals surface area contributed by atoms with Crippen LogP contribution in [0.15, 0.2) is 45.8 Å². The van der Waals surface area contributed by atoms with Crippen LogP contribution in [-0.4, -0.2) is 37.5 Å². The molecule has 0 aliphatic carbocycles. The third kappa shape index (κ3) is 3.82. The van der Waals surface area contributed by atoms with E-state index in [1.54, 1.807) is 11.8 Å². The molecule has 1 aliphatic heterocycles. The summed E-state index contributed by atoms with van der Waals surface area (Å²) in [6.45, 7) is 2.88. The number of benzene rings is 2. The SMILES string of the molecule is Cc1ccc(NS(=O)(=O)c2ccc3onc(C(=O)N4CCCCC4)c3c2)cc1F. The molecule has 0 saturated carbocycles. The maximum Gasteiger partial charge on any atom is 0.276 e. The summed E-state index contributed by atoms with van der Waals surface area (Å²) >= 11 is 0. The zero-order valence-corrected chi connectivity index (χ0v) is 16.6. The molecular formula is C20H20FN3O4S. The highest BCUT2D eigenvalue weighted by Crippen LogP contribution is 2.26. The summed E-state index contributed by atoms with van der Waals surface area (Å²) in [5.41, 5.74) is 0.953. The molecule has 29 heavy (non-hydrogen) atoms. The van der Waals surface area contributed by atoms with Gasteiger partial charge in [-0.15, -0.1) is 0 Å². The van der Waals surface area contributed by atoms with Gasteiger partial charge in [-0.1, -0.05) is 11.2 Å². The number of likely N-dealkylation sites (tertiary alicyclic amines) is 1. The highest BCUT2D eigenvalue weighted by molar-refractivity contribution is 7.92. The predicted octanol–water partition coefficient (Wildman–Crippen LogP) is 3.70. The van der Waals surface area contributed by atoms with Crippen LogP contribution in [0.2, 0.25) is 0 Å². The normalized spacial score (nSPS) is 14.9. The number of nitrogens with one attached hydrogen (secondary N) is 1. The van der Waals surface area contributed by atoms with E-state index in [1.165, 1.54) is 30.3 Å². The number of rotatable bonds is 4. The summed E-state index contributed by atoms with van der Waals surface area (Å²) in [4.78, 5) is 14.4. The van der Waals surface area contributed by atoms with Gasteiger partial charge in [-0.3, -0.25) is 9.52 Å². The molecule has 9 heteroatoms. The Morgan fingerprint density at radius 2 is 1.90 bits per heavy atom. The average molecular weight is 417 g/mol. The second kappa shape index (κ2) is 7.47. The van der Waals surface area contributed by atoms with Gasteiger partial charge in [0.25, 0.3) is 15.9 Å². The number of sulfonamides is 1. The third-order valence-electron chi connectivity index (χ3n) is 5.02. The van der Waals surface area contributed by atoms with E-state index in [0.29, 0.717) is 29.6 Å². The maximum absolute atomic E-state index is 13.7. The highest BCUT2D eigenvalue weighted by atomic mass is 32.2. The topological polar surface area (TPSA) is 92.5 Å². The Hall–Kier alpha value is -2.94. The van der Waals surface area contributed by atoms with E-state index >= 15 is 0 Å². The number of anilines is 1. The molecule has 1 amide bonds. The molecule has 152 valence electrons. The molecule has 0 spiro atoms. The van der Waals surface area contributed by atoms with Crippen LogP contribution in [-0.2, 0) is 10.0 Å². The van der Waals surface area contributed by atoms with Crippen LogP contribution in [0, 0.1) is 12.7 Å². The fourth-order valence-corrected chi connectivity index (χ4v) is 4.43. The molecule has 1 aliphatic rings. The van der Waals surface area contributed by atoms with Crippen molar-refractivity contribution in [3.63, 3.8) is 0 Å². The predicted molar refractivity (Wildman–Crippen MR) is 106 cm³/mol. The lowest BCUT2D eigenvalue weighted by molar-refractivity contribution is 0.0716. The van der Waals surface area contributed by atoms with Crippen molar-refractivity contribution in [1.82, 2.24) is 10.1 Å². The lowest BCUT2D eigenvalue weighted by atomic mass is 10.1. The van der Waals surface area contributed by atoms with Gasteiger partial charge in [-0.05, 0) is 62.1 Å². The molecule has 7 nitrogen and oxygen atoms in total. The Morgan fingerprint density at radius 1 is 1.14 bits per heavy atom. The second-order valence-electron chi connectivity index (χ2n) is 7.11. The van der Waals surface area contributed by atoms with Crippen LogP contribution in [0.3, 0.4) is 0 Å². The fourth-order valence-electron chi connectivity index (χ4n) is 3.36. The summed E-state index contributed by atoms with van der Waals surface area (Å²) in [5.74, 6) is -0.777. The quantitative estimate of drug-likeness (QED) is 0.699. The van der Waals surface area contributed by atoms with Gasteiger partial charge in [-0.25, -0.2) is 12.8 Å². The zero-order valence-electron chi connectivity index (χ0n) is 15.8. The van der Waals surface area contributed by atoms with Crippen molar-refractivity contribution in [2.75, 3.05) is 17.8 Å². The van der Waals surface area contributed by atoms with Gasteiger partial charge in [-0.2, -0.15) is 0 Å². The molecule has 1 aromatic heterocycles. The Balaban J connectivity index is 1.67. The van der Waals surface area contributed by atoms with Crippen molar-refractivity contribution in [3.8, 4) is 0 Å². The van der Waals surface area contributed by atoms with Crippen molar-refractivity contribution in [2.45, 2.75) is 31.1 Å². The highest BCUT2D eigenvalue weighted by Gasteiger charge is 2.25. The van der Waals surface area contributed by atoms with Crippen LogP contribution in [0.25, 0.3) is 11.0 Å². The number of hydrogen-bond acceptors (Lipinski definition) is 5. The number of carbonyl (C=O) groups excluding carboxylic acids is 1. The molecule has 1 fully saturated rings. The van der Waals surface area contributed by atoms with Crippen LogP contribution >= 0.6 is 0 Å². The molecule has 0 atom stereocenters. The van der Waals surface area contributed by atoms with E-state index in [2.05, 4.69) is 9.88 Å². The molecule has 0 unspecified atom stereocenters. The van der Waals surface area contributed by atoms with E-state index in [-0.39, 0.29) is 22.2 Å². The number of aromatic nitrogens is 1. The first-order chi connectivity index (χ1) is 13.8. The van der Waals surface area contributed by atoms with Gasteiger partial charge in [0.2, 0.25) is 0 Å². The number of piperidine rings is 1. The Labute approximate surface area is 167 Å². The molecule has 0 bridgehead atoms. The monoisotopic (exact) mass is 417 g/mol. The van der Waals surface area contributed by atoms with Crippen molar-refractivity contribution in [3.05, 3.63) is 53.5 Å². The van der Waals surface area contributed by atoms with Crippen molar-refractivity contribution >= 4 is 32.6 Å². The van der Waals surface area contributed by atoms with Gasteiger partial charge < -0.3 is 9.42 Å². The summed E-state index contributed by atoms with van der Waals surface area (Å²) < 4.78 is 46.8. The first kappa shape index (κ1) is 19.4. The maximum atomic E-state index is 13.7. The van der Waals surface area contributed by atoms with Crippen LogP contribution in [0.1, 0.15) is 35.3 Å². The number of nitrogens with zero attached hydrogens (tertiary/aromatic N) is 2. The standard InChI is InChI=1S/C20H20FN3O4S/c1-13-5-6-14(11-17(13)21)23-29(26,27)15-7-8-18-16(12-15)19(22-28-18)20(25)24-9-3-2-4-10-24/h5-8,11-12,23H,2-4,9-10H2,1H3.